The average molecular weight is 193 g/mol. The van der Waals surface area contributed by atoms with Crippen LogP contribution in [0.5, 0.6) is 0 Å². The Morgan fingerprint density at radius 1 is 1.43 bits per heavy atom. The summed E-state index contributed by atoms with van der Waals surface area (Å²) in [4.78, 5) is 25.5. The molecule has 74 valence electrons. The lowest BCUT2D eigenvalue weighted by atomic mass is 10.1. The first kappa shape index (κ1) is 10.4. The number of Topliss-reactive ketones (excluding diaryl/α,β-unsaturated/α-hetero) is 1. The SMILES string of the molecule is Cc1ccnc(C(=O)CCC(=O)O)c1. The summed E-state index contributed by atoms with van der Waals surface area (Å²) in [7, 11) is 0. The molecule has 1 aromatic rings. The normalized spacial score (nSPS) is 9.79. The van der Waals surface area contributed by atoms with Crippen molar-refractivity contribution in [3.05, 3.63) is 29.6 Å². The minimum absolute atomic E-state index is 0.00574. The number of hydrogen-bond acceptors (Lipinski definition) is 3. The second-order valence-electron chi connectivity index (χ2n) is 3.04. The van der Waals surface area contributed by atoms with E-state index in [4.69, 9.17) is 5.11 Å². The second kappa shape index (κ2) is 4.50. The highest BCUT2D eigenvalue weighted by Gasteiger charge is 2.09. The van der Waals surface area contributed by atoms with Gasteiger partial charge in [0.05, 0.1) is 6.42 Å². The predicted molar refractivity (Wildman–Crippen MR) is 50.2 cm³/mol. The zero-order valence-electron chi connectivity index (χ0n) is 7.86. The van der Waals surface area contributed by atoms with Crippen molar-refractivity contribution in [3.63, 3.8) is 0 Å². The average Bonchev–Trinajstić information content (AvgIpc) is 2.14. The maximum Gasteiger partial charge on any atom is 0.303 e. The number of aryl methyl sites for hydroxylation is 1. The third-order valence-electron chi connectivity index (χ3n) is 1.77. The fourth-order valence-corrected chi connectivity index (χ4v) is 1.04. The number of pyridine rings is 1. The molecule has 0 aliphatic heterocycles. The zero-order chi connectivity index (χ0) is 10.6. The van der Waals surface area contributed by atoms with E-state index in [0.717, 1.165) is 5.56 Å². The summed E-state index contributed by atoms with van der Waals surface area (Å²) < 4.78 is 0. The van der Waals surface area contributed by atoms with Crippen LogP contribution in [-0.4, -0.2) is 21.8 Å². The van der Waals surface area contributed by atoms with Gasteiger partial charge in [0.1, 0.15) is 5.69 Å². The number of ketones is 1. The van der Waals surface area contributed by atoms with Gasteiger partial charge in [-0.05, 0) is 24.6 Å². The van der Waals surface area contributed by atoms with Gasteiger partial charge in [0, 0.05) is 12.6 Å². The van der Waals surface area contributed by atoms with E-state index in [9.17, 15) is 9.59 Å². The Balaban J connectivity index is 2.65. The second-order valence-corrected chi connectivity index (χ2v) is 3.04. The Morgan fingerprint density at radius 2 is 2.14 bits per heavy atom. The highest BCUT2D eigenvalue weighted by atomic mass is 16.4. The maximum absolute atomic E-state index is 11.4. The molecule has 0 saturated heterocycles. The van der Waals surface area contributed by atoms with Crippen LogP contribution in [0.2, 0.25) is 0 Å². The summed E-state index contributed by atoms with van der Waals surface area (Å²) in [6.45, 7) is 1.86. The fourth-order valence-electron chi connectivity index (χ4n) is 1.04. The van der Waals surface area contributed by atoms with Crippen LogP contribution in [0.3, 0.4) is 0 Å². The lowest BCUT2D eigenvalue weighted by Gasteiger charge is -1.98. The number of rotatable bonds is 4. The van der Waals surface area contributed by atoms with Gasteiger partial charge in [0.25, 0.3) is 0 Å². The van der Waals surface area contributed by atoms with Gasteiger partial charge in [-0.25, -0.2) is 0 Å². The van der Waals surface area contributed by atoms with Crippen molar-refractivity contribution < 1.29 is 14.7 Å². The summed E-state index contributed by atoms with van der Waals surface area (Å²) in [5, 5.41) is 8.39. The first-order valence-electron chi connectivity index (χ1n) is 4.27. The predicted octanol–water partition coefficient (Wildman–Crippen LogP) is 1.44. The number of hydrogen-bond donors (Lipinski definition) is 1. The fraction of sp³-hybridized carbons (Fsp3) is 0.300. The van der Waals surface area contributed by atoms with Crippen LogP contribution in [0.4, 0.5) is 0 Å². The van der Waals surface area contributed by atoms with Gasteiger partial charge in [0.2, 0.25) is 0 Å². The van der Waals surface area contributed by atoms with Crippen molar-refractivity contribution in [1.29, 1.82) is 0 Å². The first-order chi connectivity index (χ1) is 6.59. The molecule has 0 amide bonds. The molecule has 14 heavy (non-hydrogen) atoms. The molecule has 1 heterocycles. The zero-order valence-corrected chi connectivity index (χ0v) is 7.86. The van der Waals surface area contributed by atoms with Crippen molar-refractivity contribution in [2.24, 2.45) is 0 Å². The molecule has 4 nitrogen and oxygen atoms in total. The quantitative estimate of drug-likeness (QED) is 0.734. The molecule has 1 N–H and O–H groups in total. The summed E-state index contributed by atoms with van der Waals surface area (Å²) in [5.74, 6) is -1.19. The van der Waals surface area contributed by atoms with Crippen LogP contribution >= 0.6 is 0 Å². The minimum Gasteiger partial charge on any atom is -0.481 e. The molecule has 4 heteroatoms. The van der Waals surface area contributed by atoms with Crippen LogP contribution in [0.15, 0.2) is 18.3 Å². The Kier molecular flexibility index (Phi) is 3.34. The van der Waals surface area contributed by atoms with E-state index in [0.29, 0.717) is 5.69 Å². The molecular formula is C10H11NO3. The third kappa shape index (κ3) is 2.97. The van der Waals surface area contributed by atoms with Gasteiger partial charge in [-0.3, -0.25) is 14.6 Å². The number of carbonyl (C=O) groups is 2. The molecule has 0 fully saturated rings. The van der Waals surface area contributed by atoms with Crippen molar-refractivity contribution in [2.75, 3.05) is 0 Å². The first-order valence-corrected chi connectivity index (χ1v) is 4.27. The van der Waals surface area contributed by atoms with E-state index in [1.807, 2.05) is 6.92 Å². The van der Waals surface area contributed by atoms with E-state index in [1.54, 1.807) is 18.3 Å². The Hall–Kier alpha value is -1.71. The molecule has 1 rings (SSSR count). The topological polar surface area (TPSA) is 67.3 Å². The molecule has 0 aromatic carbocycles. The van der Waals surface area contributed by atoms with E-state index >= 15 is 0 Å². The van der Waals surface area contributed by atoms with Crippen molar-refractivity contribution in [1.82, 2.24) is 4.98 Å². The monoisotopic (exact) mass is 193 g/mol. The minimum atomic E-state index is -0.967. The van der Waals surface area contributed by atoms with Crippen LogP contribution in [0.25, 0.3) is 0 Å². The molecule has 0 bridgehead atoms. The van der Waals surface area contributed by atoms with Gasteiger partial charge < -0.3 is 5.11 Å². The Bertz CT molecular complexity index is 360. The molecule has 0 aliphatic rings. The maximum atomic E-state index is 11.4. The van der Waals surface area contributed by atoms with Gasteiger partial charge in [-0.1, -0.05) is 0 Å². The third-order valence-corrected chi connectivity index (χ3v) is 1.77. The Labute approximate surface area is 81.6 Å². The van der Waals surface area contributed by atoms with Crippen LogP contribution in [0.1, 0.15) is 28.9 Å². The summed E-state index contributed by atoms with van der Waals surface area (Å²) in [6, 6.07) is 3.44. The van der Waals surface area contributed by atoms with Crippen molar-refractivity contribution >= 4 is 11.8 Å². The van der Waals surface area contributed by atoms with Crippen molar-refractivity contribution in [3.8, 4) is 0 Å². The summed E-state index contributed by atoms with van der Waals surface area (Å²) in [5.41, 5.74) is 1.28. The van der Waals surface area contributed by atoms with Gasteiger partial charge in [-0.2, -0.15) is 0 Å². The number of carboxylic acids is 1. The highest BCUT2D eigenvalue weighted by molar-refractivity contribution is 5.95. The molecule has 0 atom stereocenters. The standard InChI is InChI=1S/C10H11NO3/c1-7-4-5-11-8(6-7)9(12)2-3-10(13)14/h4-6H,2-3H2,1H3,(H,13,14). The highest BCUT2D eigenvalue weighted by Crippen LogP contribution is 2.04. The van der Waals surface area contributed by atoms with Gasteiger partial charge in [0.15, 0.2) is 5.78 Å². The summed E-state index contributed by atoms with van der Waals surface area (Å²) >= 11 is 0. The largest absolute Gasteiger partial charge is 0.481 e. The van der Waals surface area contributed by atoms with Crippen LogP contribution < -0.4 is 0 Å². The number of aromatic nitrogens is 1. The number of aliphatic carboxylic acids is 1. The molecule has 0 spiro atoms. The molecule has 0 unspecified atom stereocenters. The lowest BCUT2D eigenvalue weighted by Crippen LogP contribution is -2.05. The van der Waals surface area contributed by atoms with Crippen LogP contribution in [0, 0.1) is 6.92 Å². The van der Waals surface area contributed by atoms with E-state index in [-0.39, 0.29) is 18.6 Å². The Morgan fingerprint density at radius 3 is 2.71 bits per heavy atom. The van der Waals surface area contributed by atoms with Gasteiger partial charge >= 0.3 is 5.97 Å². The van der Waals surface area contributed by atoms with Crippen LogP contribution in [-0.2, 0) is 4.79 Å². The van der Waals surface area contributed by atoms with Gasteiger partial charge in [-0.15, -0.1) is 0 Å². The molecule has 1 aromatic heterocycles. The van der Waals surface area contributed by atoms with E-state index in [2.05, 4.69) is 4.98 Å². The molecular weight excluding hydrogens is 182 g/mol. The number of nitrogens with zero attached hydrogens (tertiary/aromatic N) is 1. The molecule has 0 saturated carbocycles. The van der Waals surface area contributed by atoms with E-state index < -0.39 is 5.97 Å². The molecule has 0 radical (unpaired) electrons. The number of carboxylic acid groups (broad SMARTS) is 1. The smallest absolute Gasteiger partial charge is 0.303 e. The van der Waals surface area contributed by atoms with Crippen molar-refractivity contribution in [2.45, 2.75) is 19.8 Å². The number of carbonyl (C=O) groups excluding carboxylic acids is 1. The lowest BCUT2D eigenvalue weighted by molar-refractivity contribution is -0.136. The van der Waals surface area contributed by atoms with E-state index in [1.165, 1.54) is 0 Å². The summed E-state index contributed by atoms with van der Waals surface area (Å²) in [6.07, 6.45) is 1.41. The molecule has 0 aliphatic carbocycles.